The third-order valence-electron chi connectivity index (χ3n) is 5.95. The molecule has 0 radical (unpaired) electrons. The number of carbonyl (C=O) groups excluding carboxylic acids is 1. The van der Waals surface area contributed by atoms with Crippen LogP contribution in [0.15, 0.2) is 53.4 Å². The Labute approximate surface area is 205 Å². The van der Waals surface area contributed by atoms with E-state index in [1.165, 1.54) is 11.8 Å². The third kappa shape index (κ3) is 7.41. The lowest BCUT2D eigenvalue weighted by molar-refractivity contribution is -0.133. The van der Waals surface area contributed by atoms with E-state index in [0.717, 1.165) is 24.2 Å². The van der Waals surface area contributed by atoms with Crippen molar-refractivity contribution in [2.45, 2.75) is 77.5 Å². The quantitative estimate of drug-likeness (QED) is 0.414. The van der Waals surface area contributed by atoms with E-state index in [1.54, 1.807) is 17.4 Å². The second kappa shape index (κ2) is 12.7. The van der Waals surface area contributed by atoms with Crippen molar-refractivity contribution >= 4 is 23.2 Å². The average molecular weight is 487 g/mol. The van der Waals surface area contributed by atoms with Crippen molar-refractivity contribution in [1.29, 1.82) is 0 Å². The first-order chi connectivity index (χ1) is 16.4. The maximum Gasteiger partial charge on any atom is 0.331 e. The fourth-order valence-electron chi connectivity index (χ4n) is 4.07. The molecule has 1 aromatic heterocycles. The minimum atomic E-state index is -0.960. The lowest BCUT2D eigenvalue weighted by atomic mass is 9.87. The normalized spacial score (nSPS) is 20.1. The number of carbonyl (C=O) groups is 2. The summed E-state index contributed by atoms with van der Waals surface area (Å²) < 4.78 is 12.1. The SMILES string of the molecule is CCC(CC)O[C@@H]1C=C(C(=O)O)C[C@H](NCc2ccc(OCc3cccs3)cc2)[C@H]1NC(C)=O. The molecule has 34 heavy (non-hydrogen) atoms. The number of aliphatic carboxylic acids is 1. The second-order valence-corrected chi connectivity index (χ2v) is 9.50. The molecular weight excluding hydrogens is 452 g/mol. The molecule has 3 N–H and O–H groups in total. The molecule has 7 nitrogen and oxygen atoms in total. The molecule has 0 unspecified atom stereocenters. The number of ether oxygens (including phenoxy) is 2. The second-order valence-electron chi connectivity index (χ2n) is 8.47. The summed E-state index contributed by atoms with van der Waals surface area (Å²) >= 11 is 1.66. The molecule has 0 aliphatic heterocycles. The molecule has 0 fully saturated rings. The number of nitrogens with one attached hydrogen (secondary N) is 2. The monoisotopic (exact) mass is 486 g/mol. The zero-order valence-electron chi connectivity index (χ0n) is 20.0. The Morgan fingerprint density at radius 1 is 1.18 bits per heavy atom. The smallest absolute Gasteiger partial charge is 0.331 e. The highest BCUT2D eigenvalue weighted by molar-refractivity contribution is 7.09. The highest BCUT2D eigenvalue weighted by Gasteiger charge is 2.37. The van der Waals surface area contributed by atoms with Crippen LogP contribution >= 0.6 is 11.3 Å². The van der Waals surface area contributed by atoms with Gasteiger partial charge in [0.1, 0.15) is 12.4 Å². The molecular formula is C26H34N2O5S. The van der Waals surface area contributed by atoms with Gasteiger partial charge in [0.25, 0.3) is 0 Å². The van der Waals surface area contributed by atoms with Gasteiger partial charge in [-0.25, -0.2) is 4.79 Å². The zero-order chi connectivity index (χ0) is 24.5. The van der Waals surface area contributed by atoms with Crippen LogP contribution in [-0.2, 0) is 27.5 Å². The highest BCUT2D eigenvalue weighted by atomic mass is 32.1. The van der Waals surface area contributed by atoms with Crippen molar-refractivity contribution in [3.63, 3.8) is 0 Å². The van der Waals surface area contributed by atoms with Gasteiger partial charge >= 0.3 is 5.97 Å². The molecule has 3 rings (SSSR count). The fraction of sp³-hybridized carbons (Fsp3) is 0.462. The number of rotatable bonds is 12. The minimum Gasteiger partial charge on any atom is -0.488 e. The molecule has 0 spiro atoms. The van der Waals surface area contributed by atoms with Crippen molar-refractivity contribution in [2.75, 3.05) is 0 Å². The summed E-state index contributed by atoms with van der Waals surface area (Å²) in [6.45, 7) is 6.61. The number of carboxylic acid groups (broad SMARTS) is 1. The molecule has 2 aromatic rings. The lowest BCUT2D eigenvalue weighted by Gasteiger charge is -2.38. The van der Waals surface area contributed by atoms with Gasteiger partial charge in [0.15, 0.2) is 0 Å². The number of benzene rings is 1. The van der Waals surface area contributed by atoms with Gasteiger partial charge < -0.3 is 25.2 Å². The van der Waals surface area contributed by atoms with Crippen LogP contribution in [0.1, 0.15) is 50.5 Å². The standard InChI is InChI=1S/C26H34N2O5S/c1-4-20(5-2)33-24-14-19(26(30)31)13-23(25(24)28-17(3)29)27-15-18-8-10-21(11-9-18)32-16-22-7-6-12-34-22/h6-12,14,20,23-25,27H,4-5,13,15-16H2,1-3H3,(H,28,29)(H,30,31)/t23-,24+,25+/m0/s1. The van der Waals surface area contributed by atoms with E-state index in [1.807, 2.05) is 55.6 Å². The number of hydrogen-bond acceptors (Lipinski definition) is 6. The topological polar surface area (TPSA) is 96.9 Å². The van der Waals surface area contributed by atoms with Crippen LogP contribution in [0.3, 0.4) is 0 Å². The molecule has 1 heterocycles. The maximum absolute atomic E-state index is 12.0. The van der Waals surface area contributed by atoms with E-state index >= 15 is 0 Å². The van der Waals surface area contributed by atoms with E-state index in [-0.39, 0.29) is 24.1 Å². The number of thiophene rings is 1. The summed E-state index contributed by atoms with van der Waals surface area (Å²) in [7, 11) is 0. The first kappa shape index (κ1) is 25.9. The van der Waals surface area contributed by atoms with Gasteiger partial charge in [-0.2, -0.15) is 0 Å². The van der Waals surface area contributed by atoms with Crippen LogP contribution < -0.4 is 15.4 Å². The Hall–Kier alpha value is -2.68. The van der Waals surface area contributed by atoms with Gasteiger partial charge in [-0.05, 0) is 54.5 Å². The molecule has 3 atom stereocenters. The van der Waals surface area contributed by atoms with E-state index in [2.05, 4.69) is 10.6 Å². The molecule has 1 aliphatic carbocycles. The van der Waals surface area contributed by atoms with Gasteiger partial charge in [-0.15, -0.1) is 11.3 Å². The largest absolute Gasteiger partial charge is 0.488 e. The summed E-state index contributed by atoms with van der Waals surface area (Å²) in [4.78, 5) is 24.9. The Morgan fingerprint density at radius 2 is 1.91 bits per heavy atom. The molecule has 1 aliphatic rings. The number of carboxylic acids is 1. The van der Waals surface area contributed by atoms with Crippen LogP contribution in [-0.4, -0.2) is 41.3 Å². The first-order valence-electron chi connectivity index (χ1n) is 11.7. The lowest BCUT2D eigenvalue weighted by Crippen LogP contribution is -2.58. The van der Waals surface area contributed by atoms with Crippen LogP contribution in [0.2, 0.25) is 0 Å². The van der Waals surface area contributed by atoms with Crippen molar-refractivity contribution in [2.24, 2.45) is 0 Å². The van der Waals surface area contributed by atoms with Crippen molar-refractivity contribution < 1.29 is 24.2 Å². The van der Waals surface area contributed by atoms with Gasteiger partial charge in [-0.3, -0.25) is 4.79 Å². The minimum absolute atomic E-state index is 0.00646. The Balaban J connectivity index is 1.68. The molecule has 8 heteroatoms. The number of amides is 1. The van der Waals surface area contributed by atoms with Gasteiger partial charge in [0.05, 0.1) is 18.2 Å². The molecule has 1 amide bonds. The van der Waals surface area contributed by atoms with Gasteiger partial charge in [-0.1, -0.05) is 32.0 Å². The molecule has 1 aromatic carbocycles. The highest BCUT2D eigenvalue weighted by Crippen LogP contribution is 2.25. The van der Waals surface area contributed by atoms with E-state index in [9.17, 15) is 14.7 Å². The summed E-state index contributed by atoms with van der Waals surface area (Å²) in [6, 6.07) is 11.2. The van der Waals surface area contributed by atoms with Crippen molar-refractivity contribution in [3.8, 4) is 5.75 Å². The molecule has 0 saturated heterocycles. The predicted octanol–water partition coefficient (Wildman–Crippen LogP) is 4.28. The van der Waals surface area contributed by atoms with E-state index in [4.69, 9.17) is 9.47 Å². The summed E-state index contributed by atoms with van der Waals surface area (Å²) in [5.74, 6) is -0.339. The Bertz CT molecular complexity index is 954. The summed E-state index contributed by atoms with van der Waals surface area (Å²) in [5.41, 5.74) is 1.33. The summed E-state index contributed by atoms with van der Waals surface area (Å²) in [5, 5.41) is 18.1. The first-order valence-corrected chi connectivity index (χ1v) is 12.6. The van der Waals surface area contributed by atoms with Crippen LogP contribution in [0.5, 0.6) is 5.75 Å². The van der Waals surface area contributed by atoms with Crippen molar-refractivity contribution in [1.82, 2.24) is 10.6 Å². The van der Waals surface area contributed by atoms with Gasteiger partial charge in [0.2, 0.25) is 5.91 Å². The predicted molar refractivity (Wildman–Crippen MR) is 133 cm³/mol. The maximum atomic E-state index is 12.0. The Morgan fingerprint density at radius 3 is 2.50 bits per heavy atom. The zero-order valence-corrected chi connectivity index (χ0v) is 20.8. The van der Waals surface area contributed by atoms with E-state index < -0.39 is 12.1 Å². The molecule has 184 valence electrons. The van der Waals surface area contributed by atoms with Crippen LogP contribution in [0, 0.1) is 0 Å². The fourth-order valence-corrected chi connectivity index (χ4v) is 4.68. The average Bonchev–Trinajstić information content (AvgIpc) is 3.35. The van der Waals surface area contributed by atoms with Crippen LogP contribution in [0.4, 0.5) is 0 Å². The van der Waals surface area contributed by atoms with Crippen molar-refractivity contribution in [3.05, 3.63) is 63.9 Å². The number of hydrogen-bond donors (Lipinski definition) is 3. The molecule has 0 saturated carbocycles. The van der Waals surface area contributed by atoms with E-state index in [0.29, 0.717) is 25.1 Å². The third-order valence-corrected chi connectivity index (χ3v) is 6.80. The molecule has 0 bridgehead atoms. The van der Waals surface area contributed by atoms with Gasteiger partial charge in [0, 0.05) is 30.0 Å². The summed E-state index contributed by atoms with van der Waals surface area (Å²) in [6.07, 6.45) is 3.06. The van der Waals surface area contributed by atoms with Crippen LogP contribution in [0.25, 0.3) is 0 Å². The Kier molecular flexibility index (Phi) is 9.68.